The third kappa shape index (κ3) is 5.90. The minimum Gasteiger partial charge on any atom is -0.492 e. The van der Waals surface area contributed by atoms with Crippen LogP contribution in [0.4, 0.5) is 0 Å². The number of fused-ring (bicyclic) bond motifs is 1. The molecule has 6 nitrogen and oxygen atoms in total. The Morgan fingerprint density at radius 2 is 1.62 bits per heavy atom. The number of hydrogen-bond donors (Lipinski definition) is 0. The topological polar surface area (TPSA) is 56.6 Å². The summed E-state index contributed by atoms with van der Waals surface area (Å²) in [6, 6.07) is 23.7. The highest BCUT2D eigenvalue weighted by molar-refractivity contribution is 7.22. The van der Waals surface area contributed by atoms with E-state index in [1.165, 1.54) is 12.8 Å². The van der Waals surface area contributed by atoms with Gasteiger partial charge in [-0.2, -0.15) is 0 Å². The van der Waals surface area contributed by atoms with Crippen LogP contribution in [0.1, 0.15) is 28.8 Å². The summed E-state index contributed by atoms with van der Waals surface area (Å²) < 4.78 is 14.9. The molecule has 0 aliphatic carbocycles. The second kappa shape index (κ2) is 11.8. The van der Waals surface area contributed by atoms with E-state index in [9.17, 15) is 4.79 Å². The van der Waals surface area contributed by atoms with Gasteiger partial charge in [0, 0.05) is 57.3 Å². The summed E-state index contributed by atoms with van der Waals surface area (Å²) in [5.74, 6) is 1.32. The van der Waals surface area contributed by atoms with Crippen molar-refractivity contribution in [3.8, 4) is 22.1 Å². The first-order chi connectivity index (χ1) is 19.2. The van der Waals surface area contributed by atoms with Gasteiger partial charge in [0.15, 0.2) is 5.78 Å². The van der Waals surface area contributed by atoms with E-state index in [0.29, 0.717) is 30.2 Å². The maximum absolute atomic E-state index is 13.8. The second-order valence-corrected chi connectivity index (χ2v) is 10.8. The summed E-state index contributed by atoms with van der Waals surface area (Å²) in [5.41, 5.74) is 2.25. The summed E-state index contributed by atoms with van der Waals surface area (Å²) in [5, 5.41) is 0.959. The molecular weight excluding hydrogens is 506 g/mol. The number of ketones is 1. The van der Waals surface area contributed by atoms with Crippen LogP contribution in [0.5, 0.6) is 11.6 Å². The number of pyridine rings is 1. The maximum atomic E-state index is 13.8. The molecule has 4 heterocycles. The fourth-order valence-electron chi connectivity index (χ4n) is 4.99. The van der Waals surface area contributed by atoms with Gasteiger partial charge >= 0.3 is 0 Å². The van der Waals surface area contributed by atoms with Gasteiger partial charge in [0.25, 0.3) is 0 Å². The zero-order valence-corrected chi connectivity index (χ0v) is 22.6. The number of rotatable bonds is 11. The van der Waals surface area contributed by atoms with Gasteiger partial charge in [0.1, 0.15) is 19.0 Å². The van der Waals surface area contributed by atoms with Gasteiger partial charge in [0.2, 0.25) is 5.88 Å². The Hall–Kier alpha value is -3.94. The Bertz CT molecular complexity index is 1520. The fraction of sp³-hybridized carbons (Fsp3) is 0.250. The predicted molar refractivity (Wildman–Crippen MR) is 156 cm³/mol. The normalized spacial score (nSPS) is 13.6. The van der Waals surface area contributed by atoms with E-state index >= 15 is 0 Å². The van der Waals surface area contributed by atoms with Crippen molar-refractivity contribution in [1.29, 1.82) is 0 Å². The van der Waals surface area contributed by atoms with Crippen molar-refractivity contribution in [2.75, 3.05) is 32.8 Å². The third-order valence-electron chi connectivity index (χ3n) is 7.08. The van der Waals surface area contributed by atoms with E-state index in [-0.39, 0.29) is 5.78 Å². The van der Waals surface area contributed by atoms with Crippen LogP contribution in [0.15, 0.2) is 91.4 Å². The van der Waals surface area contributed by atoms with Gasteiger partial charge < -0.3 is 14.0 Å². The zero-order chi connectivity index (χ0) is 26.4. The first-order valence-corrected chi connectivity index (χ1v) is 14.3. The summed E-state index contributed by atoms with van der Waals surface area (Å²) in [6.45, 7) is 5.18. The van der Waals surface area contributed by atoms with Gasteiger partial charge in [0.05, 0.1) is 6.54 Å². The number of thiophene rings is 1. The molecule has 5 aromatic rings. The van der Waals surface area contributed by atoms with E-state index in [1.807, 2.05) is 73.1 Å². The Kier molecular flexibility index (Phi) is 7.70. The van der Waals surface area contributed by atoms with Crippen LogP contribution >= 0.6 is 11.3 Å². The SMILES string of the molecule is O=C(c1ccc(OCCN2CCCC2)nc1)c1c(-c2ccc(OCCn3cccc3)cc2)sc2ccccc12. The lowest BCUT2D eigenvalue weighted by atomic mass is 9.98. The quantitative estimate of drug-likeness (QED) is 0.179. The van der Waals surface area contributed by atoms with Crippen molar-refractivity contribution in [1.82, 2.24) is 14.5 Å². The highest BCUT2D eigenvalue weighted by Crippen LogP contribution is 2.40. The molecule has 7 heteroatoms. The van der Waals surface area contributed by atoms with Crippen molar-refractivity contribution in [3.05, 3.63) is 103 Å². The average Bonchev–Trinajstić information content (AvgIpc) is 3.75. The molecule has 0 saturated carbocycles. The van der Waals surface area contributed by atoms with Crippen molar-refractivity contribution in [2.45, 2.75) is 19.4 Å². The second-order valence-electron chi connectivity index (χ2n) is 9.71. The van der Waals surface area contributed by atoms with E-state index < -0.39 is 0 Å². The molecule has 0 radical (unpaired) electrons. The molecule has 0 atom stereocenters. The molecule has 0 spiro atoms. The van der Waals surface area contributed by atoms with Crippen LogP contribution in [0, 0.1) is 0 Å². The lowest BCUT2D eigenvalue weighted by Gasteiger charge is -2.14. The first-order valence-electron chi connectivity index (χ1n) is 13.5. The van der Waals surface area contributed by atoms with Gasteiger partial charge in [-0.1, -0.05) is 18.2 Å². The van der Waals surface area contributed by atoms with Crippen molar-refractivity contribution in [3.63, 3.8) is 0 Å². The van der Waals surface area contributed by atoms with Crippen LogP contribution in [0.25, 0.3) is 20.5 Å². The molecule has 0 N–H and O–H groups in total. The summed E-state index contributed by atoms with van der Waals surface area (Å²) in [6.07, 6.45) is 8.21. The van der Waals surface area contributed by atoms with Crippen LogP contribution in [0.3, 0.4) is 0 Å². The van der Waals surface area contributed by atoms with Crippen LogP contribution < -0.4 is 9.47 Å². The maximum Gasteiger partial charge on any atom is 0.213 e. The lowest BCUT2D eigenvalue weighted by Crippen LogP contribution is -2.25. The molecule has 2 aromatic carbocycles. The van der Waals surface area contributed by atoms with Crippen molar-refractivity contribution < 1.29 is 14.3 Å². The number of benzene rings is 2. The number of likely N-dealkylation sites (tertiary alicyclic amines) is 1. The lowest BCUT2D eigenvalue weighted by molar-refractivity contribution is 0.104. The minimum absolute atomic E-state index is 0.0365. The molecule has 1 aliphatic rings. The Balaban J connectivity index is 1.18. The Morgan fingerprint density at radius 1 is 0.846 bits per heavy atom. The smallest absolute Gasteiger partial charge is 0.213 e. The summed E-state index contributed by atoms with van der Waals surface area (Å²) in [4.78, 5) is 21.6. The molecule has 1 aliphatic heterocycles. The number of carbonyl (C=O) groups excluding carboxylic acids is 1. The van der Waals surface area contributed by atoms with E-state index in [0.717, 1.165) is 52.5 Å². The number of ether oxygens (including phenoxy) is 2. The van der Waals surface area contributed by atoms with Gasteiger partial charge in [-0.25, -0.2) is 4.98 Å². The number of hydrogen-bond acceptors (Lipinski definition) is 6. The van der Waals surface area contributed by atoms with Crippen molar-refractivity contribution in [2.24, 2.45) is 0 Å². The molecule has 6 rings (SSSR count). The van der Waals surface area contributed by atoms with Crippen molar-refractivity contribution >= 4 is 27.2 Å². The molecule has 3 aromatic heterocycles. The van der Waals surface area contributed by atoms with Crippen LogP contribution in [0.2, 0.25) is 0 Å². The molecule has 0 unspecified atom stereocenters. The number of nitrogens with zero attached hydrogens (tertiary/aromatic N) is 3. The van der Waals surface area contributed by atoms with Gasteiger partial charge in [-0.15, -0.1) is 11.3 Å². The minimum atomic E-state index is -0.0365. The van der Waals surface area contributed by atoms with E-state index in [4.69, 9.17) is 9.47 Å². The number of aromatic nitrogens is 2. The highest BCUT2D eigenvalue weighted by atomic mass is 32.1. The van der Waals surface area contributed by atoms with Crippen LogP contribution in [-0.4, -0.2) is 53.1 Å². The first kappa shape index (κ1) is 25.3. The highest BCUT2D eigenvalue weighted by Gasteiger charge is 2.22. The summed E-state index contributed by atoms with van der Waals surface area (Å²) >= 11 is 1.63. The third-order valence-corrected chi connectivity index (χ3v) is 8.30. The van der Waals surface area contributed by atoms with Gasteiger partial charge in [-0.3, -0.25) is 9.69 Å². The fourth-order valence-corrected chi connectivity index (χ4v) is 6.20. The van der Waals surface area contributed by atoms with Crippen LogP contribution in [-0.2, 0) is 6.54 Å². The molecular formula is C32H31N3O3S. The molecule has 1 fully saturated rings. The Labute approximate surface area is 232 Å². The van der Waals surface area contributed by atoms with E-state index in [2.05, 4.69) is 20.5 Å². The predicted octanol–water partition coefficient (Wildman–Crippen LogP) is 6.55. The Morgan fingerprint density at radius 3 is 2.38 bits per heavy atom. The monoisotopic (exact) mass is 537 g/mol. The van der Waals surface area contributed by atoms with E-state index in [1.54, 1.807) is 23.6 Å². The molecule has 1 saturated heterocycles. The number of carbonyl (C=O) groups is 1. The standard InChI is InChI=1S/C32H31N3O3S/c36-31(25-11-14-29(33-23-25)38-22-20-35-17-5-6-18-35)30-27-7-1-2-8-28(27)39-32(30)24-9-12-26(13-10-24)37-21-19-34-15-3-4-16-34/h1-4,7-16,23H,5-6,17-22H2. The zero-order valence-electron chi connectivity index (χ0n) is 21.8. The largest absolute Gasteiger partial charge is 0.492 e. The van der Waals surface area contributed by atoms with Gasteiger partial charge in [-0.05, 0) is 80.0 Å². The molecule has 198 valence electrons. The molecule has 0 amide bonds. The average molecular weight is 538 g/mol. The molecule has 0 bridgehead atoms. The molecule has 39 heavy (non-hydrogen) atoms. The summed E-state index contributed by atoms with van der Waals surface area (Å²) in [7, 11) is 0.